The van der Waals surface area contributed by atoms with Gasteiger partial charge in [-0.25, -0.2) is 0 Å². The molecule has 6 nitrogen and oxygen atoms in total. The maximum Gasteiger partial charge on any atom is 0.176 e. The van der Waals surface area contributed by atoms with E-state index in [1.54, 1.807) is 18.3 Å². The molecule has 0 atom stereocenters. The van der Waals surface area contributed by atoms with Crippen molar-refractivity contribution in [2.75, 3.05) is 33.1 Å². The molecule has 0 unspecified atom stereocenters. The van der Waals surface area contributed by atoms with Gasteiger partial charge in [0, 0.05) is 30.6 Å². The number of pyridine rings is 1. The van der Waals surface area contributed by atoms with Crippen LogP contribution in [0.5, 0.6) is 11.5 Å². The number of hydrogen-bond donors (Lipinski definition) is 2. The SMILES string of the molecule is CCC(=O)c1cnc2ccc(-c3cc(Cl)c(O)c(OC)c3)cc2c1NC1CCC(CN(C)C)CC1. The Balaban J connectivity index is 1.73. The van der Waals surface area contributed by atoms with Gasteiger partial charge >= 0.3 is 0 Å². The molecule has 1 aromatic heterocycles. The standard InChI is InChI=1S/C28H34ClN3O3/c1-5-25(33)22-15-30-24-11-8-18(19-13-23(29)28(34)26(14-19)35-4)12-21(24)27(22)31-20-9-6-17(7-10-20)16-32(2)3/h8,11-15,17,20,34H,5-7,9-10,16H2,1-4H3,(H,30,31). The van der Waals surface area contributed by atoms with Crippen LogP contribution in [-0.2, 0) is 0 Å². The summed E-state index contributed by atoms with van der Waals surface area (Å²) in [7, 11) is 5.76. The number of ketones is 1. The molecule has 2 aromatic carbocycles. The number of ether oxygens (including phenoxy) is 1. The van der Waals surface area contributed by atoms with Gasteiger partial charge in [0.15, 0.2) is 17.3 Å². The number of nitrogens with zero attached hydrogens (tertiary/aromatic N) is 2. The highest BCUT2D eigenvalue weighted by Gasteiger charge is 2.24. The topological polar surface area (TPSA) is 74.7 Å². The smallest absolute Gasteiger partial charge is 0.176 e. The molecule has 1 fully saturated rings. The van der Waals surface area contributed by atoms with E-state index in [0.717, 1.165) is 53.0 Å². The zero-order valence-electron chi connectivity index (χ0n) is 20.9. The number of benzene rings is 2. The van der Waals surface area contributed by atoms with Gasteiger partial charge < -0.3 is 20.1 Å². The number of carbonyl (C=O) groups excluding carboxylic acids is 1. The lowest BCUT2D eigenvalue weighted by molar-refractivity contribution is 0.0988. The number of carbonyl (C=O) groups is 1. The Labute approximate surface area is 212 Å². The molecule has 0 saturated heterocycles. The van der Waals surface area contributed by atoms with Crippen LogP contribution in [0.1, 0.15) is 49.4 Å². The third kappa shape index (κ3) is 5.54. The van der Waals surface area contributed by atoms with Crippen molar-refractivity contribution in [2.24, 2.45) is 5.92 Å². The second-order valence-electron chi connectivity index (χ2n) is 9.69. The molecule has 0 radical (unpaired) electrons. The first-order valence-electron chi connectivity index (χ1n) is 12.2. The van der Waals surface area contributed by atoms with Gasteiger partial charge in [0.2, 0.25) is 0 Å². The van der Waals surface area contributed by atoms with Crippen LogP contribution in [0.4, 0.5) is 5.69 Å². The average Bonchev–Trinajstić information content (AvgIpc) is 2.85. The van der Waals surface area contributed by atoms with E-state index in [0.29, 0.717) is 23.8 Å². The van der Waals surface area contributed by atoms with Gasteiger partial charge in [0.05, 0.1) is 28.9 Å². The van der Waals surface area contributed by atoms with Crippen molar-refractivity contribution in [1.82, 2.24) is 9.88 Å². The number of phenolic OH excluding ortho intramolecular Hbond substituents is 1. The molecule has 4 rings (SSSR count). The van der Waals surface area contributed by atoms with E-state index in [1.807, 2.05) is 25.1 Å². The molecule has 0 bridgehead atoms. The van der Waals surface area contributed by atoms with Gasteiger partial charge in [0.25, 0.3) is 0 Å². The summed E-state index contributed by atoms with van der Waals surface area (Å²) in [6, 6.07) is 9.75. The third-order valence-corrected chi connectivity index (χ3v) is 7.18. The van der Waals surface area contributed by atoms with Gasteiger partial charge in [0.1, 0.15) is 0 Å². The summed E-state index contributed by atoms with van der Waals surface area (Å²) >= 11 is 6.25. The highest BCUT2D eigenvalue weighted by molar-refractivity contribution is 6.32. The van der Waals surface area contributed by atoms with Crippen LogP contribution >= 0.6 is 11.6 Å². The Morgan fingerprint density at radius 3 is 2.57 bits per heavy atom. The zero-order valence-corrected chi connectivity index (χ0v) is 21.7. The van der Waals surface area contributed by atoms with E-state index >= 15 is 0 Å². The summed E-state index contributed by atoms with van der Waals surface area (Å²) in [5.41, 5.74) is 4.03. The molecule has 0 spiro atoms. The van der Waals surface area contributed by atoms with Crippen LogP contribution < -0.4 is 10.1 Å². The fourth-order valence-electron chi connectivity index (χ4n) is 5.04. The van der Waals surface area contributed by atoms with Crippen molar-refractivity contribution in [2.45, 2.75) is 45.1 Å². The first-order chi connectivity index (χ1) is 16.8. The predicted octanol–water partition coefficient (Wildman–Crippen LogP) is 6.39. The molecule has 0 aliphatic heterocycles. The molecule has 3 aromatic rings. The molecule has 1 aliphatic rings. The number of phenols is 1. The largest absolute Gasteiger partial charge is 0.503 e. The molecule has 1 saturated carbocycles. The fourth-order valence-corrected chi connectivity index (χ4v) is 5.25. The second-order valence-corrected chi connectivity index (χ2v) is 10.1. The highest BCUT2D eigenvalue weighted by Crippen LogP contribution is 2.40. The van der Waals surface area contributed by atoms with E-state index in [9.17, 15) is 9.90 Å². The van der Waals surface area contributed by atoms with E-state index < -0.39 is 0 Å². The summed E-state index contributed by atoms with van der Waals surface area (Å²) in [4.78, 5) is 19.7. The third-order valence-electron chi connectivity index (χ3n) is 6.89. The van der Waals surface area contributed by atoms with E-state index in [1.165, 1.54) is 20.0 Å². The summed E-state index contributed by atoms with van der Waals surface area (Å²) in [5, 5.41) is 15.0. The van der Waals surface area contributed by atoms with Gasteiger partial charge in [-0.2, -0.15) is 0 Å². The van der Waals surface area contributed by atoms with Gasteiger partial charge in [-0.3, -0.25) is 9.78 Å². The summed E-state index contributed by atoms with van der Waals surface area (Å²) < 4.78 is 5.29. The summed E-state index contributed by atoms with van der Waals surface area (Å²) in [6.45, 7) is 3.00. The molecule has 2 N–H and O–H groups in total. The highest BCUT2D eigenvalue weighted by atomic mass is 35.5. The molecule has 0 amide bonds. The maximum atomic E-state index is 12.9. The molecule has 186 valence electrons. The molecular formula is C28H34ClN3O3. The van der Waals surface area contributed by atoms with Crippen LogP contribution in [0.2, 0.25) is 5.02 Å². The molecule has 1 heterocycles. The average molecular weight is 496 g/mol. The maximum absolute atomic E-state index is 12.9. The lowest BCUT2D eigenvalue weighted by Crippen LogP contribution is -2.31. The van der Waals surface area contributed by atoms with Crippen LogP contribution in [0, 0.1) is 5.92 Å². The molecule has 1 aliphatic carbocycles. The first kappa shape index (κ1) is 25.3. The van der Waals surface area contributed by atoms with Gasteiger partial charge in [-0.1, -0.05) is 24.6 Å². The van der Waals surface area contributed by atoms with Gasteiger partial charge in [-0.05, 0) is 81.1 Å². The van der Waals surface area contributed by atoms with Crippen molar-refractivity contribution in [3.8, 4) is 22.6 Å². The Bertz CT molecular complexity index is 1220. The Kier molecular flexibility index (Phi) is 7.82. The van der Waals surface area contributed by atoms with Crippen LogP contribution in [0.25, 0.3) is 22.0 Å². The quantitative estimate of drug-likeness (QED) is 0.352. The monoisotopic (exact) mass is 495 g/mol. The Morgan fingerprint density at radius 2 is 1.91 bits per heavy atom. The minimum atomic E-state index is -0.0802. The van der Waals surface area contributed by atoms with Crippen LogP contribution in [-0.4, -0.2) is 54.6 Å². The summed E-state index contributed by atoms with van der Waals surface area (Å²) in [5.74, 6) is 1.02. The van der Waals surface area contributed by atoms with Crippen molar-refractivity contribution in [3.05, 3.63) is 47.1 Å². The van der Waals surface area contributed by atoms with Crippen LogP contribution in [0.15, 0.2) is 36.5 Å². The lowest BCUT2D eigenvalue weighted by Gasteiger charge is -2.32. The Morgan fingerprint density at radius 1 is 1.17 bits per heavy atom. The number of nitrogens with one attached hydrogen (secondary N) is 1. The van der Waals surface area contributed by atoms with Crippen LogP contribution in [0.3, 0.4) is 0 Å². The number of methoxy groups -OCH3 is 1. The number of anilines is 1. The minimum Gasteiger partial charge on any atom is -0.503 e. The zero-order chi connectivity index (χ0) is 25.1. The number of rotatable bonds is 8. The molecule has 35 heavy (non-hydrogen) atoms. The summed E-state index contributed by atoms with van der Waals surface area (Å²) in [6.07, 6.45) is 6.62. The van der Waals surface area contributed by atoms with Crippen molar-refractivity contribution >= 4 is 34.0 Å². The number of Topliss-reactive ketones (excluding diaryl/α,β-unsaturated/α-hetero) is 1. The first-order valence-corrected chi connectivity index (χ1v) is 12.6. The van der Waals surface area contributed by atoms with Crippen molar-refractivity contribution < 1.29 is 14.6 Å². The Hall–Kier alpha value is -2.83. The number of hydrogen-bond acceptors (Lipinski definition) is 6. The van der Waals surface area contributed by atoms with E-state index in [-0.39, 0.29) is 16.6 Å². The van der Waals surface area contributed by atoms with Crippen molar-refractivity contribution in [3.63, 3.8) is 0 Å². The number of halogens is 1. The molecule has 7 heteroatoms. The van der Waals surface area contributed by atoms with Gasteiger partial charge in [-0.15, -0.1) is 0 Å². The van der Waals surface area contributed by atoms with E-state index in [4.69, 9.17) is 16.3 Å². The predicted molar refractivity (Wildman–Crippen MR) is 143 cm³/mol. The normalized spacial score (nSPS) is 18.1. The second kappa shape index (κ2) is 10.8. The van der Waals surface area contributed by atoms with Crippen molar-refractivity contribution in [1.29, 1.82) is 0 Å². The fraction of sp³-hybridized carbons (Fsp3) is 0.429. The number of fused-ring (bicyclic) bond motifs is 1. The minimum absolute atomic E-state index is 0.0722. The molecular weight excluding hydrogens is 462 g/mol. The number of aromatic nitrogens is 1. The lowest BCUT2D eigenvalue weighted by atomic mass is 9.85. The number of aromatic hydroxyl groups is 1. The van der Waals surface area contributed by atoms with E-state index in [2.05, 4.69) is 29.3 Å².